The lowest BCUT2D eigenvalue weighted by atomic mass is 9.84. The second-order valence-corrected chi connectivity index (χ2v) is 8.77. The van der Waals surface area contributed by atoms with Crippen molar-refractivity contribution in [2.24, 2.45) is 0 Å². The molecule has 0 amide bonds. The summed E-state index contributed by atoms with van der Waals surface area (Å²) in [4.78, 5) is 0. The van der Waals surface area contributed by atoms with E-state index in [1.54, 1.807) is 0 Å². The molecule has 1 heterocycles. The maximum Gasteiger partial charge on any atom is 0.123 e. The zero-order chi connectivity index (χ0) is 22.6. The number of fused-ring (bicyclic) bond motifs is 2. The van der Waals surface area contributed by atoms with Gasteiger partial charge in [-0.15, -0.1) is 0 Å². The Hall–Kier alpha value is -3.30. The van der Waals surface area contributed by atoms with Crippen LogP contribution in [0.3, 0.4) is 0 Å². The van der Waals surface area contributed by atoms with Gasteiger partial charge in [0.05, 0.1) is 6.61 Å². The molecule has 4 aromatic rings. The second-order valence-electron chi connectivity index (χ2n) is 8.77. The Morgan fingerprint density at radius 2 is 1.73 bits per heavy atom. The fourth-order valence-corrected chi connectivity index (χ4v) is 4.97. The molecule has 0 aliphatic carbocycles. The molecule has 0 bridgehead atoms. The number of nitrogens with one attached hydrogen (secondary N) is 1. The molecule has 0 saturated carbocycles. The van der Waals surface area contributed by atoms with Gasteiger partial charge in [-0.05, 0) is 60.4 Å². The molecule has 0 saturated heterocycles. The van der Waals surface area contributed by atoms with Crippen molar-refractivity contribution in [2.75, 3.05) is 13.2 Å². The van der Waals surface area contributed by atoms with Crippen LogP contribution in [0.15, 0.2) is 91.0 Å². The van der Waals surface area contributed by atoms with Gasteiger partial charge in [0.2, 0.25) is 0 Å². The van der Waals surface area contributed by atoms with Gasteiger partial charge >= 0.3 is 0 Å². The predicted molar refractivity (Wildman–Crippen MR) is 135 cm³/mol. The normalized spacial score (nSPS) is 18.4. The summed E-state index contributed by atoms with van der Waals surface area (Å²) >= 11 is 0. The quantitative estimate of drug-likeness (QED) is 0.342. The molecule has 0 radical (unpaired) electrons. The van der Waals surface area contributed by atoms with Crippen LogP contribution < -0.4 is 14.8 Å². The Bertz CT molecular complexity index is 1230. The smallest absolute Gasteiger partial charge is 0.123 e. The third-order valence-corrected chi connectivity index (χ3v) is 6.60. The third kappa shape index (κ3) is 4.60. The molecule has 1 aliphatic rings. The van der Waals surface area contributed by atoms with Crippen LogP contribution in [0.25, 0.3) is 10.8 Å². The van der Waals surface area contributed by atoms with Crippen molar-refractivity contribution in [1.82, 2.24) is 5.32 Å². The van der Waals surface area contributed by atoms with Crippen molar-refractivity contribution in [2.45, 2.75) is 38.3 Å². The summed E-state index contributed by atoms with van der Waals surface area (Å²) in [7, 11) is 0. The highest BCUT2D eigenvalue weighted by molar-refractivity contribution is 5.86. The van der Waals surface area contributed by atoms with E-state index in [1.807, 2.05) is 13.0 Å². The predicted octanol–water partition coefficient (Wildman–Crippen LogP) is 6.87. The fraction of sp³-hybridized carbons (Fsp3) is 0.267. The van der Waals surface area contributed by atoms with E-state index in [9.17, 15) is 0 Å². The minimum absolute atomic E-state index is 0.0954. The molecule has 4 aromatic carbocycles. The number of ether oxygens (including phenoxy) is 2. The Labute approximate surface area is 196 Å². The maximum atomic E-state index is 6.44. The summed E-state index contributed by atoms with van der Waals surface area (Å²) in [6.45, 7) is 5.73. The number of benzene rings is 4. The molecule has 1 aliphatic heterocycles. The van der Waals surface area contributed by atoms with Crippen molar-refractivity contribution < 1.29 is 9.47 Å². The molecule has 1 N–H and O–H groups in total. The van der Waals surface area contributed by atoms with E-state index >= 15 is 0 Å². The van der Waals surface area contributed by atoms with E-state index < -0.39 is 0 Å². The van der Waals surface area contributed by atoms with Crippen LogP contribution in [0.4, 0.5) is 0 Å². The van der Waals surface area contributed by atoms with Gasteiger partial charge in [-0.1, -0.05) is 72.8 Å². The van der Waals surface area contributed by atoms with Crippen molar-refractivity contribution in [3.8, 4) is 11.5 Å². The SMILES string of the molecule is CCOc1cccc(C2CC(CN[C@H](C)c3cccc4ccccc34)Oc3ccccc32)c1. The maximum absolute atomic E-state index is 6.44. The summed E-state index contributed by atoms with van der Waals surface area (Å²) in [5.74, 6) is 2.20. The minimum atomic E-state index is 0.0954. The van der Waals surface area contributed by atoms with Gasteiger partial charge < -0.3 is 14.8 Å². The van der Waals surface area contributed by atoms with E-state index in [0.717, 1.165) is 24.5 Å². The van der Waals surface area contributed by atoms with Crippen LogP contribution in [0.1, 0.15) is 48.9 Å². The standard InChI is InChI=1S/C30H31NO2/c1-3-32-24-13-8-12-23(18-24)29-19-25(33-30-17-7-6-15-28(29)30)20-31-21(2)26-16-9-11-22-10-4-5-14-27(22)26/h4-18,21,25,29,31H,3,19-20H2,1-2H3/t21-,25?,29?/m1/s1. The number of hydrogen-bond donors (Lipinski definition) is 1. The van der Waals surface area contributed by atoms with Crippen molar-refractivity contribution >= 4 is 10.8 Å². The summed E-state index contributed by atoms with van der Waals surface area (Å²) < 4.78 is 12.2. The van der Waals surface area contributed by atoms with Crippen LogP contribution in [-0.4, -0.2) is 19.3 Å². The van der Waals surface area contributed by atoms with E-state index in [0.29, 0.717) is 6.61 Å². The summed E-state index contributed by atoms with van der Waals surface area (Å²) in [6, 6.07) is 32.3. The van der Waals surface area contributed by atoms with Crippen LogP contribution in [0, 0.1) is 0 Å². The first kappa shape index (κ1) is 21.5. The van der Waals surface area contributed by atoms with Gasteiger partial charge in [0.1, 0.15) is 17.6 Å². The lowest BCUT2D eigenvalue weighted by Gasteiger charge is -2.33. The molecule has 3 nitrogen and oxygen atoms in total. The summed E-state index contributed by atoms with van der Waals surface area (Å²) in [6.07, 6.45) is 1.03. The van der Waals surface area contributed by atoms with Gasteiger partial charge in [-0.2, -0.15) is 0 Å². The largest absolute Gasteiger partial charge is 0.494 e. The highest BCUT2D eigenvalue weighted by Gasteiger charge is 2.29. The minimum Gasteiger partial charge on any atom is -0.494 e. The number of hydrogen-bond acceptors (Lipinski definition) is 3. The zero-order valence-electron chi connectivity index (χ0n) is 19.3. The molecule has 3 heteroatoms. The van der Waals surface area contributed by atoms with Crippen LogP contribution >= 0.6 is 0 Å². The van der Waals surface area contributed by atoms with Gasteiger partial charge in [0, 0.05) is 24.1 Å². The molecule has 0 aromatic heterocycles. The van der Waals surface area contributed by atoms with E-state index in [4.69, 9.17) is 9.47 Å². The number of para-hydroxylation sites is 1. The lowest BCUT2D eigenvalue weighted by molar-refractivity contribution is 0.159. The molecule has 0 spiro atoms. The molecule has 168 valence electrons. The van der Waals surface area contributed by atoms with Crippen molar-refractivity contribution in [3.05, 3.63) is 108 Å². The molecule has 0 fully saturated rings. The second kappa shape index (κ2) is 9.68. The first-order valence-corrected chi connectivity index (χ1v) is 11.9. The topological polar surface area (TPSA) is 30.5 Å². The Balaban J connectivity index is 1.36. The van der Waals surface area contributed by atoms with Crippen molar-refractivity contribution in [1.29, 1.82) is 0 Å². The average Bonchev–Trinajstić information content (AvgIpc) is 2.87. The highest BCUT2D eigenvalue weighted by atomic mass is 16.5. The molecule has 5 rings (SSSR count). The molecular formula is C30H31NO2. The molecule has 2 unspecified atom stereocenters. The van der Waals surface area contributed by atoms with Gasteiger partial charge in [-0.25, -0.2) is 0 Å². The summed E-state index contributed by atoms with van der Waals surface area (Å²) in [5, 5.41) is 6.33. The van der Waals surface area contributed by atoms with Gasteiger partial charge in [0.15, 0.2) is 0 Å². The molecule has 3 atom stereocenters. The van der Waals surface area contributed by atoms with E-state index in [-0.39, 0.29) is 18.1 Å². The van der Waals surface area contributed by atoms with E-state index in [2.05, 4.69) is 97.2 Å². The lowest BCUT2D eigenvalue weighted by Crippen LogP contribution is -2.37. The van der Waals surface area contributed by atoms with Crippen LogP contribution in [0.5, 0.6) is 11.5 Å². The Morgan fingerprint density at radius 3 is 2.64 bits per heavy atom. The van der Waals surface area contributed by atoms with Crippen LogP contribution in [-0.2, 0) is 0 Å². The van der Waals surface area contributed by atoms with Gasteiger partial charge in [0.25, 0.3) is 0 Å². The van der Waals surface area contributed by atoms with E-state index in [1.165, 1.54) is 27.5 Å². The third-order valence-electron chi connectivity index (χ3n) is 6.60. The molecule has 33 heavy (non-hydrogen) atoms. The first-order chi connectivity index (χ1) is 16.2. The average molecular weight is 438 g/mol. The fourth-order valence-electron chi connectivity index (χ4n) is 4.97. The van der Waals surface area contributed by atoms with Gasteiger partial charge in [-0.3, -0.25) is 0 Å². The number of rotatable bonds is 7. The highest BCUT2D eigenvalue weighted by Crippen LogP contribution is 2.41. The van der Waals surface area contributed by atoms with Crippen molar-refractivity contribution in [3.63, 3.8) is 0 Å². The first-order valence-electron chi connectivity index (χ1n) is 11.9. The monoisotopic (exact) mass is 437 g/mol. The van der Waals surface area contributed by atoms with Crippen LogP contribution in [0.2, 0.25) is 0 Å². The Kier molecular flexibility index (Phi) is 6.32. The zero-order valence-corrected chi connectivity index (χ0v) is 19.3. The Morgan fingerprint density at radius 1 is 0.939 bits per heavy atom. The summed E-state index contributed by atoms with van der Waals surface area (Å²) in [5.41, 5.74) is 3.86. The molecular weight excluding hydrogens is 406 g/mol.